The minimum absolute atomic E-state index is 0.0903. The smallest absolute Gasteiger partial charge is 0.190 e. The molecule has 0 aliphatic carbocycles. The molecule has 3 heteroatoms. The van der Waals surface area contributed by atoms with Gasteiger partial charge in [0, 0.05) is 6.42 Å². The summed E-state index contributed by atoms with van der Waals surface area (Å²) >= 11 is 1.26. The van der Waals surface area contributed by atoms with Crippen LogP contribution in [0, 0.1) is 0 Å². The zero-order valence-corrected chi connectivity index (χ0v) is 4.70. The molecule has 0 saturated carbocycles. The average molecular weight is 117 g/mol. The van der Waals surface area contributed by atoms with Crippen molar-refractivity contribution in [2.24, 2.45) is 5.73 Å². The first-order valence-corrected chi connectivity index (χ1v) is 3.12. The van der Waals surface area contributed by atoms with E-state index >= 15 is 0 Å². The highest BCUT2D eigenvalue weighted by molar-refractivity contribution is 8.14. The third-order valence-electron chi connectivity index (χ3n) is 0.916. The molecule has 7 heavy (non-hydrogen) atoms. The molecule has 1 aliphatic heterocycles. The topological polar surface area (TPSA) is 43.1 Å². The van der Waals surface area contributed by atoms with Crippen molar-refractivity contribution in [2.75, 3.05) is 0 Å². The number of carbonyl (C=O) groups is 1. The third kappa shape index (κ3) is 1.17. The molecule has 0 aromatic rings. The van der Waals surface area contributed by atoms with Crippen LogP contribution in [0.3, 0.4) is 0 Å². The van der Waals surface area contributed by atoms with Crippen molar-refractivity contribution in [2.45, 2.75) is 18.2 Å². The van der Waals surface area contributed by atoms with Gasteiger partial charge in [-0.05, 0) is 6.42 Å². The predicted octanol–water partition coefficient (Wildman–Crippen LogP) is 0.325. The molecule has 1 rings (SSSR count). The molecule has 1 aliphatic rings. The van der Waals surface area contributed by atoms with Crippen LogP contribution in [0.4, 0.5) is 0 Å². The number of hydrogen-bond acceptors (Lipinski definition) is 3. The summed E-state index contributed by atoms with van der Waals surface area (Å²) in [7, 11) is 0. The van der Waals surface area contributed by atoms with E-state index in [0.717, 1.165) is 6.42 Å². The normalized spacial score (nSPS) is 31.6. The van der Waals surface area contributed by atoms with Gasteiger partial charge in [-0.15, -0.1) is 0 Å². The third-order valence-corrected chi connectivity index (χ3v) is 1.92. The Balaban J connectivity index is 2.40. The van der Waals surface area contributed by atoms with Crippen LogP contribution in [0.5, 0.6) is 0 Å². The van der Waals surface area contributed by atoms with Gasteiger partial charge in [0.1, 0.15) is 0 Å². The van der Waals surface area contributed by atoms with Crippen LogP contribution in [-0.4, -0.2) is 10.5 Å². The minimum atomic E-state index is 0.0903. The van der Waals surface area contributed by atoms with E-state index in [1.807, 2.05) is 0 Å². The Hall–Kier alpha value is -0.0200. The largest absolute Gasteiger partial charge is 0.319 e. The first-order valence-electron chi connectivity index (χ1n) is 2.24. The maximum atomic E-state index is 10.3. The summed E-state index contributed by atoms with van der Waals surface area (Å²) in [6.07, 6.45) is 1.54. The SMILES string of the molecule is NC1CCC(=O)S1. The van der Waals surface area contributed by atoms with Gasteiger partial charge in [-0.1, -0.05) is 11.8 Å². The second-order valence-electron chi connectivity index (χ2n) is 1.57. The van der Waals surface area contributed by atoms with E-state index in [4.69, 9.17) is 5.73 Å². The molecule has 0 radical (unpaired) electrons. The van der Waals surface area contributed by atoms with Gasteiger partial charge in [0.2, 0.25) is 0 Å². The summed E-state index contributed by atoms with van der Waals surface area (Å²) < 4.78 is 0. The fourth-order valence-corrected chi connectivity index (χ4v) is 1.36. The van der Waals surface area contributed by atoms with E-state index in [1.165, 1.54) is 11.8 Å². The number of carbonyl (C=O) groups excluding carboxylic acids is 1. The molecule has 0 bridgehead atoms. The zero-order chi connectivity index (χ0) is 5.28. The van der Waals surface area contributed by atoms with Gasteiger partial charge < -0.3 is 5.73 Å². The van der Waals surface area contributed by atoms with Crippen molar-refractivity contribution in [3.05, 3.63) is 0 Å². The molecule has 0 aromatic heterocycles. The summed E-state index contributed by atoms with van der Waals surface area (Å²) in [4.78, 5) is 10.3. The van der Waals surface area contributed by atoms with Gasteiger partial charge in [-0.25, -0.2) is 0 Å². The zero-order valence-electron chi connectivity index (χ0n) is 3.89. The second-order valence-corrected chi connectivity index (χ2v) is 2.86. The lowest BCUT2D eigenvalue weighted by Gasteiger charge is -1.90. The Morgan fingerprint density at radius 3 is 2.71 bits per heavy atom. The Morgan fingerprint density at radius 1 is 1.86 bits per heavy atom. The lowest BCUT2D eigenvalue weighted by atomic mass is 10.3. The highest BCUT2D eigenvalue weighted by Gasteiger charge is 2.18. The van der Waals surface area contributed by atoms with E-state index in [0.29, 0.717) is 6.42 Å². The lowest BCUT2D eigenvalue weighted by Crippen LogP contribution is -2.09. The van der Waals surface area contributed by atoms with Crippen molar-refractivity contribution in [1.82, 2.24) is 0 Å². The Morgan fingerprint density at radius 2 is 2.57 bits per heavy atom. The van der Waals surface area contributed by atoms with Crippen molar-refractivity contribution >= 4 is 16.9 Å². The van der Waals surface area contributed by atoms with Gasteiger partial charge >= 0.3 is 0 Å². The van der Waals surface area contributed by atoms with Crippen molar-refractivity contribution < 1.29 is 4.79 Å². The molecular weight excluding hydrogens is 110 g/mol. The van der Waals surface area contributed by atoms with Gasteiger partial charge in [0.15, 0.2) is 5.12 Å². The number of rotatable bonds is 0. The molecule has 0 aromatic carbocycles. The van der Waals surface area contributed by atoms with Crippen LogP contribution in [0.2, 0.25) is 0 Å². The molecule has 1 atom stereocenters. The Labute approximate surface area is 46.5 Å². The maximum absolute atomic E-state index is 10.3. The summed E-state index contributed by atoms with van der Waals surface area (Å²) in [6, 6.07) is 0. The fourth-order valence-electron chi connectivity index (χ4n) is 0.547. The maximum Gasteiger partial charge on any atom is 0.190 e. The van der Waals surface area contributed by atoms with E-state index in [9.17, 15) is 4.79 Å². The molecule has 1 unspecified atom stereocenters. The average Bonchev–Trinajstić information content (AvgIpc) is 1.87. The van der Waals surface area contributed by atoms with Crippen LogP contribution in [0.15, 0.2) is 0 Å². The van der Waals surface area contributed by atoms with Crippen molar-refractivity contribution in [3.63, 3.8) is 0 Å². The molecule has 2 N–H and O–H groups in total. The van der Waals surface area contributed by atoms with Crippen molar-refractivity contribution in [3.8, 4) is 0 Å². The molecule has 1 saturated heterocycles. The summed E-state index contributed by atoms with van der Waals surface area (Å²) in [6.45, 7) is 0. The van der Waals surface area contributed by atoms with Gasteiger partial charge in [-0.3, -0.25) is 4.79 Å². The Bertz CT molecular complexity index is 93.7. The standard InChI is InChI=1S/C4H7NOS/c5-3-1-2-4(6)7-3/h3H,1-2,5H2. The predicted molar refractivity (Wildman–Crippen MR) is 29.8 cm³/mol. The first-order chi connectivity index (χ1) is 3.29. The molecule has 2 nitrogen and oxygen atoms in total. The second kappa shape index (κ2) is 1.84. The lowest BCUT2D eigenvalue weighted by molar-refractivity contribution is -0.110. The van der Waals surface area contributed by atoms with Crippen LogP contribution < -0.4 is 5.73 Å². The highest BCUT2D eigenvalue weighted by atomic mass is 32.2. The molecule has 1 fully saturated rings. The van der Waals surface area contributed by atoms with Gasteiger partial charge in [0.05, 0.1) is 5.37 Å². The molecule has 0 spiro atoms. The van der Waals surface area contributed by atoms with Gasteiger partial charge in [-0.2, -0.15) is 0 Å². The van der Waals surface area contributed by atoms with E-state index in [-0.39, 0.29) is 10.5 Å². The van der Waals surface area contributed by atoms with Crippen molar-refractivity contribution in [1.29, 1.82) is 0 Å². The molecule has 1 heterocycles. The van der Waals surface area contributed by atoms with Crippen LogP contribution >= 0.6 is 11.8 Å². The Kier molecular flexibility index (Phi) is 1.35. The fraction of sp³-hybridized carbons (Fsp3) is 0.750. The first kappa shape index (κ1) is 5.12. The number of hydrogen-bond donors (Lipinski definition) is 1. The summed E-state index contributed by atoms with van der Waals surface area (Å²) in [5.74, 6) is 0. The van der Waals surface area contributed by atoms with Crippen LogP contribution in [0.25, 0.3) is 0 Å². The quantitative estimate of drug-likeness (QED) is 0.497. The van der Waals surface area contributed by atoms with E-state index in [1.54, 1.807) is 0 Å². The summed E-state index contributed by atoms with van der Waals surface area (Å²) in [5.41, 5.74) is 5.37. The summed E-state index contributed by atoms with van der Waals surface area (Å²) in [5, 5.41) is 0.333. The van der Waals surface area contributed by atoms with E-state index < -0.39 is 0 Å². The molecule has 0 amide bonds. The van der Waals surface area contributed by atoms with E-state index in [2.05, 4.69) is 0 Å². The van der Waals surface area contributed by atoms with Gasteiger partial charge in [0.25, 0.3) is 0 Å². The molecule has 40 valence electrons. The van der Waals surface area contributed by atoms with Crippen LogP contribution in [-0.2, 0) is 4.79 Å². The van der Waals surface area contributed by atoms with Crippen LogP contribution in [0.1, 0.15) is 12.8 Å². The number of nitrogens with two attached hydrogens (primary N) is 1. The number of thioether (sulfide) groups is 1. The minimum Gasteiger partial charge on any atom is -0.319 e. The highest BCUT2D eigenvalue weighted by Crippen LogP contribution is 2.22. The molecular formula is C4H7NOS. The monoisotopic (exact) mass is 117 g/mol.